The van der Waals surface area contributed by atoms with E-state index in [1.807, 2.05) is 12.1 Å². The predicted octanol–water partition coefficient (Wildman–Crippen LogP) is 1.54. The SMILES string of the molecule is COC1CCN(c2nc3ccc(NC(=O)c4c(CN5CCCC5)cnn4C)cn3n2)C1. The monoisotopic (exact) mass is 424 g/mol. The third-order valence-electron chi connectivity index (χ3n) is 6.16. The number of anilines is 2. The maximum Gasteiger partial charge on any atom is 0.274 e. The molecule has 10 heteroatoms. The molecule has 2 saturated heterocycles. The lowest BCUT2D eigenvalue weighted by Gasteiger charge is -2.15. The van der Waals surface area contributed by atoms with Crippen molar-refractivity contribution in [2.75, 3.05) is 43.5 Å². The summed E-state index contributed by atoms with van der Waals surface area (Å²) in [5, 5.41) is 11.9. The molecule has 0 aromatic carbocycles. The van der Waals surface area contributed by atoms with Gasteiger partial charge in [-0.15, -0.1) is 5.10 Å². The van der Waals surface area contributed by atoms with Crippen molar-refractivity contribution in [2.45, 2.75) is 31.9 Å². The molecule has 164 valence electrons. The largest absolute Gasteiger partial charge is 0.380 e. The average molecular weight is 425 g/mol. The van der Waals surface area contributed by atoms with Crippen molar-refractivity contribution >= 4 is 23.2 Å². The Balaban J connectivity index is 1.32. The second-order valence-corrected chi connectivity index (χ2v) is 8.30. The molecule has 0 radical (unpaired) electrons. The standard InChI is InChI=1S/C21H28N8O2/c1-26-19(15(11-22-26)12-27-8-3-4-9-27)20(30)23-16-5-6-18-24-21(25-29(18)13-16)28-10-7-17(14-28)31-2/h5-6,11,13,17H,3-4,7-10,12,14H2,1-2H3,(H,23,30). The van der Waals surface area contributed by atoms with Crippen LogP contribution in [0.5, 0.6) is 0 Å². The summed E-state index contributed by atoms with van der Waals surface area (Å²) in [5.41, 5.74) is 2.95. The Labute approximate surface area is 180 Å². The van der Waals surface area contributed by atoms with Crippen molar-refractivity contribution in [3.8, 4) is 0 Å². The zero-order valence-electron chi connectivity index (χ0n) is 18.0. The second-order valence-electron chi connectivity index (χ2n) is 8.30. The molecule has 5 heterocycles. The number of pyridine rings is 1. The minimum Gasteiger partial charge on any atom is -0.380 e. The van der Waals surface area contributed by atoms with Crippen molar-refractivity contribution in [1.82, 2.24) is 29.3 Å². The Kier molecular flexibility index (Phi) is 5.33. The number of carbonyl (C=O) groups is 1. The predicted molar refractivity (Wildman–Crippen MR) is 116 cm³/mol. The van der Waals surface area contributed by atoms with Gasteiger partial charge in [0.2, 0.25) is 5.95 Å². The Morgan fingerprint density at radius 2 is 2.10 bits per heavy atom. The molecule has 0 bridgehead atoms. The third kappa shape index (κ3) is 4.00. The van der Waals surface area contributed by atoms with Gasteiger partial charge in [0.1, 0.15) is 5.69 Å². The van der Waals surface area contributed by atoms with Gasteiger partial charge in [-0.3, -0.25) is 14.4 Å². The number of amides is 1. The lowest BCUT2D eigenvalue weighted by atomic mass is 10.2. The van der Waals surface area contributed by atoms with Crippen LogP contribution in [0.25, 0.3) is 5.65 Å². The number of rotatable bonds is 6. The molecule has 1 amide bonds. The summed E-state index contributed by atoms with van der Waals surface area (Å²) in [6, 6.07) is 3.72. The van der Waals surface area contributed by atoms with E-state index in [0.717, 1.165) is 50.4 Å². The molecule has 1 N–H and O–H groups in total. The van der Waals surface area contributed by atoms with Crippen molar-refractivity contribution < 1.29 is 9.53 Å². The third-order valence-corrected chi connectivity index (χ3v) is 6.16. The first kappa shape index (κ1) is 20.0. The molecule has 3 aromatic rings. The molecule has 2 fully saturated rings. The normalized spacial score (nSPS) is 19.5. The van der Waals surface area contributed by atoms with E-state index >= 15 is 0 Å². The van der Waals surface area contributed by atoms with Gasteiger partial charge in [-0.25, -0.2) is 4.52 Å². The summed E-state index contributed by atoms with van der Waals surface area (Å²) in [5.74, 6) is 0.513. The Bertz CT molecular complexity index is 1080. The number of ether oxygens (including phenoxy) is 1. The van der Waals surface area contributed by atoms with E-state index in [1.54, 1.807) is 35.7 Å². The molecule has 5 rings (SSSR count). The molecule has 2 aliphatic rings. The minimum atomic E-state index is -0.170. The number of nitrogens with one attached hydrogen (secondary N) is 1. The molecular weight excluding hydrogens is 396 g/mol. The van der Waals surface area contributed by atoms with Crippen LogP contribution in [0.15, 0.2) is 24.5 Å². The smallest absolute Gasteiger partial charge is 0.274 e. The second kappa shape index (κ2) is 8.27. The van der Waals surface area contributed by atoms with Gasteiger partial charge < -0.3 is 15.0 Å². The first-order valence-corrected chi connectivity index (χ1v) is 10.8. The van der Waals surface area contributed by atoms with Crippen LogP contribution in [0.3, 0.4) is 0 Å². The number of aromatic nitrogens is 5. The first-order chi connectivity index (χ1) is 15.1. The van der Waals surface area contributed by atoms with E-state index in [4.69, 9.17) is 4.74 Å². The summed E-state index contributed by atoms with van der Waals surface area (Å²) in [7, 11) is 3.54. The molecular formula is C21H28N8O2. The van der Waals surface area contributed by atoms with Gasteiger partial charge in [-0.05, 0) is 44.5 Å². The molecule has 0 saturated carbocycles. The van der Waals surface area contributed by atoms with Crippen LogP contribution in [0.2, 0.25) is 0 Å². The zero-order valence-corrected chi connectivity index (χ0v) is 18.0. The van der Waals surface area contributed by atoms with Crippen molar-refractivity contribution in [2.24, 2.45) is 7.05 Å². The number of likely N-dealkylation sites (tertiary alicyclic amines) is 1. The van der Waals surface area contributed by atoms with Crippen LogP contribution in [-0.2, 0) is 18.3 Å². The quantitative estimate of drug-likeness (QED) is 0.642. The minimum absolute atomic E-state index is 0.170. The fraction of sp³-hybridized carbons (Fsp3) is 0.524. The van der Waals surface area contributed by atoms with Gasteiger partial charge in [0.15, 0.2) is 5.65 Å². The summed E-state index contributed by atoms with van der Waals surface area (Å²) in [4.78, 5) is 22.2. The molecule has 2 aliphatic heterocycles. The van der Waals surface area contributed by atoms with Gasteiger partial charge in [0, 0.05) is 39.4 Å². The van der Waals surface area contributed by atoms with Crippen molar-refractivity contribution in [3.05, 3.63) is 35.8 Å². The van der Waals surface area contributed by atoms with Crippen LogP contribution in [0.4, 0.5) is 11.6 Å². The highest BCUT2D eigenvalue weighted by Crippen LogP contribution is 2.21. The number of nitrogens with zero attached hydrogens (tertiary/aromatic N) is 7. The lowest BCUT2D eigenvalue weighted by Crippen LogP contribution is -2.23. The molecule has 1 unspecified atom stereocenters. The topological polar surface area (TPSA) is 92.8 Å². The number of aryl methyl sites for hydroxylation is 1. The first-order valence-electron chi connectivity index (χ1n) is 10.8. The van der Waals surface area contributed by atoms with Crippen LogP contribution in [0, 0.1) is 0 Å². The van der Waals surface area contributed by atoms with Crippen molar-refractivity contribution in [3.63, 3.8) is 0 Å². The van der Waals surface area contributed by atoms with Crippen molar-refractivity contribution in [1.29, 1.82) is 0 Å². The van der Waals surface area contributed by atoms with Crippen LogP contribution in [0.1, 0.15) is 35.3 Å². The highest BCUT2D eigenvalue weighted by molar-refractivity contribution is 6.04. The number of methoxy groups -OCH3 is 1. The van der Waals surface area contributed by atoms with Gasteiger partial charge in [-0.2, -0.15) is 10.1 Å². The summed E-state index contributed by atoms with van der Waals surface area (Å²) in [6.07, 6.45) is 7.21. The van der Waals surface area contributed by atoms with E-state index < -0.39 is 0 Å². The fourth-order valence-electron chi connectivity index (χ4n) is 4.44. The fourth-order valence-corrected chi connectivity index (χ4v) is 4.44. The van der Waals surface area contributed by atoms with Gasteiger partial charge in [0.05, 0.1) is 24.2 Å². The number of carbonyl (C=O) groups excluding carboxylic acids is 1. The molecule has 31 heavy (non-hydrogen) atoms. The molecule has 3 aromatic heterocycles. The Morgan fingerprint density at radius 1 is 1.26 bits per heavy atom. The number of fused-ring (bicyclic) bond motifs is 1. The van der Waals surface area contributed by atoms with E-state index in [0.29, 0.717) is 17.3 Å². The van der Waals surface area contributed by atoms with E-state index in [-0.39, 0.29) is 12.0 Å². The number of hydrogen-bond acceptors (Lipinski definition) is 7. The summed E-state index contributed by atoms with van der Waals surface area (Å²) >= 11 is 0. The van der Waals surface area contributed by atoms with E-state index in [1.165, 1.54) is 12.8 Å². The van der Waals surface area contributed by atoms with E-state index in [2.05, 4.69) is 30.3 Å². The highest BCUT2D eigenvalue weighted by atomic mass is 16.5. The molecule has 0 spiro atoms. The maximum atomic E-state index is 13.1. The van der Waals surface area contributed by atoms with E-state index in [9.17, 15) is 4.79 Å². The molecule has 1 atom stereocenters. The molecule has 0 aliphatic carbocycles. The lowest BCUT2D eigenvalue weighted by molar-refractivity contribution is 0.101. The summed E-state index contributed by atoms with van der Waals surface area (Å²) < 4.78 is 8.79. The van der Waals surface area contributed by atoms with Crippen LogP contribution >= 0.6 is 0 Å². The average Bonchev–Trinajstić information content (AvgIpc) is 3.55. The molecule has 10 nitrogen and oxygen atoms in total. The number of hydrogen-bond donors (Lipinski definition) is 1. The van der Waals surface area contributed by atoms with Gasteiger partial charge in [-0.1, -0.05) is 0 Å². The summed E-state index contributed by atoms with van der Waals surface area (Å²) in [6.45, 7) is 4.56. The Hall–Kier alpha value is -2.98. The maximum absolute atomic E-state index is 13.1. The van der Waals surface area contributed by atoms with Gasteiger partial charge in [0.25, 0.3) is 5.91 Å². The highest BCUT2D eigenvalue weighted by Gasteiger charge is 2.25. The van der Waals surface area contributed by atoms with Crippen LogP contribution in [-0.4, -0.2) is 74.6 Å². The van der Waals surface area contributed by atoms with Crippen LogP contribution < -0.4 is 10.2 Å². The van der Waals surface area contributed by atoms with Gasteiger partial charge >= 0.3 is 0 Å². The zero-order chi connectivity index (χ0) is 21.4. The Morgan fingerprint density at radius 3 is 2.87 bits per heavy atom.